The smallest absolute Gasteiger partial charge is 0.295 e. The molecular formula is C25H48NO3S+. The lowest BCUT2D eigenvalue weighted by Gasteiger charge is -2.39. The Bertz CT molecular complexity index is 638. The predicted octanol–water partition coefficient (Wildman–Crippen LogP) is 6.86. The first kappa shape index (κ1) is 29.1. The Morgan fingerprint density at radius 3 is 1.23 bits per heavy atom. The number of aryl methyl sites for hydroxylation is 3. The lowest BCUT2D eigenvalue weighted by atomic mass is 10.1. The van der Waals surface area contributed by atoms with Crippen molar-refractivity contribution in [3.05, 3.63) is 28.8 Å². The average Bonchev–Trinajstić information content (AvgIpc) is 2.65. The van der Waals surface area contributed by atoms with Crippen LogP contribution < -0.4 is 0 Å². The number of unbranched alkanes of at least 4 members (excludes halogenated alkanes) is 4. The second-order valence-electron chi connectivity index (χ2n) is 8.85. The van der Waals surface area contributed by atoms with E-state index in [9.17, 15) is 8.42 Å². The summed E-state index contributed by atoms with van der Waals surface area (Å²) in [4.78, 5) is 0.0260. The zero-order chi connectivity index (χ0) is 23.2. The van der Waals surface area contributed by atoms with Crippen LogP contribution in [-0.2, 0) is 10.1 Å². The van der Waals surface area contributed by atoms with Crippen molar-refractivity contribution in [3.8, 4) is 0 Å². The summed E-state index contributed by atoms with van der Waals surface area (Å²) >= 11 is 0. The average molecular weight is 443 g/mol. The minimum absolute atomic E-state index is 0.0260. The van der Waals surface area contributed by atoms with E-state index in [0.717, 1.165) is 5.56 Å². The maximum atomic E-state index is 10.9. The third-order valence-electron chi connectivity index (χ3n) is 5.81. The van der Waals surface area contributed by atoms with Crippen LogP contribution >= 0.6 is 0 Å². The van der Waals surface area contributed by atoms with Crippen LogP contribution in [0.2, 0.25) is 0 Å². The molecule has 0 radical (unpaired) electrons. The van der Waals surface area contributed by atoms with Crippen LogP contribution in [0.3, 0.4) is 0 Å². The van der Waals surface area contributed by atoms with Gasteiger partial charge in [-0.2, -0.15) is 8.42 Å². The van der Waals surface area contributed by atoms with Crippen molar-refractivity contribution in [2.45, 2.75) is 105 Å². The van der Waals surface area contributed by atoms with Crippen molar-refractivity contribution < 1.29 is 17.5 Å². The molecule has 0 bridgehead atoms. The molecule has 30 heavy (non-hydrogen) atoms. The SMILES string of the molecule is CCCC[N+](CCCC)(CCCC)CCCC.Cc1cc(C)c(S(=O)(=O)O)c(C)c1. The van der Waals surface area contributed by atoms with E-state index in [4.69, 9.17) is 4.55 Å². The van der Waals surface area contributed by atoms with Crippen molar-refractivity contribution in [3.63, 3.8) is 0 Å². The fourth-order valence-corrected chi connectivity index (χ4v) is 5.15. The zero-order valence-corrected chi connectivity index (χ0v) is 21.6. The van der Waals surface area contributed by atoms with Crippen LogP contribution in [0.5, 0.6) is 0 Å². The molecule has 4 nitrogen and oxygen atoms in total. The van der Waals surface area contributed by atoms with Gasteiger partial charge in [-0.25, -0.2) is 0 Å². The number of benzene rings is 1. The lowest BCUT2D eigenvalue weighted by molar-refractivity contribution is -0.929. The number of nitrogens with zero attached hydrogens (tertiary/aromatic N) is 1. The molecule has 176 valence electrons. The van der Waals surface area contributed by atoms with Crippen LogP contribution in [0.1, 0.15) is 95.8 Å². The van der Waals surface area contributed by atoms with E-state index in [2.05, 4.69) is 27.7 Å². The Morgan fingerprint density at radius 1 is 0.700 bits per heavy atom. The Kier molecular flexibility index (Phi) is 14.5. The maximum absolute atomic E-state index is 10.9. The molecule has 0 heterocycles. The third-order valence-corrected chi connectivity index (χ3v) is 6.97. The monoisotopic (exact) mass is 442 g/mol. The lowest BCUT2D eigenvalue weighted by Crippen LogP contribution is -2.50. The molecule has 5 heteroatoms. The fraction of sp³-hybridized carbons (Fsp3) is 0.760. The highest BCUT2D eigenvalue weighted by atomic mass is 32.2. The van der Waals surface area contributed by atoms with Crippen molar-refractivity contribution in [2.24, 2.45) is 0 Å². The van der Waals surface area contributed by atoms with Crippen molar-refractivity contribution in [1.29, 1.82) is 0 Å². The molecule has 1 aromatic carbocycles. The summed E-state index contributed by atoms with van der Waals surface area (Å²) < 4.78 is 32.2. The van der Waals surface area contributed by atoms with Gasteiger partial charge in [-0.05, 0) is 57.6 Å². The number of hydrogen-bond acceptors (Lipinski definition) is 2. The first-order valence-electron chi connectivity index (χ1n) is 12.0. The highest BCUT2D eigenvalue weighted by Crippen LogP contribution is 2.21. The molecule has 1 rings (SSSR count). The zero-order valence-electron chi connectivity index (χ0n) is 20.8. The molecule has 1 aromatic rings. The summed E-state index contributed by atoms with van der Waals surface area (Å²) in [5, 5.41) is 0. The summed E-state index contributed by atoms with van der Waals surface area (Å²) in [6.07, 6.45) is 11.1. The van der Waals surface area contributed by atoms with Gasteiger partial charge in [0, 0.05) is 0 Å². The second-order valence-corrected chi connectivity index (χ2v) is 10.2. The van der Waals surface area contributed by atoms with E-state index in [1.165, 1.54) is 82.0 Å². The quantitative estimate of drug-likeness (QED) is 0.268. The van der Waals surface area contributed by atoms with Gasteiger partial charge >= 0.3 is 0 Å². The standard InChI is InChI=1S/C16H36N.C9H12O3S/c1-5-9-13-17(14-10-6-2,15-11-7-3)16-12-8-4;1-6-4-7(2)9(8(3)5-6)13(10,11)12/h5-16H2,1-4H3;4-5H,1-3H3,(H,10,11,12)/q+1;. The highest BCUT2D eigenvalue weighted by Gasteiger charge is 2.24. The largest absolute Gasteiger partial charge is 0.324 e. The van der Waals surface area contributed by atoms with Gasteiger partial charge in [-0.1, -0.05) is 71.1 Å². The van der Waals surface area contributed by atoms with Crippen molar-refractivity contribution in [1.82, 2.24) is 0 Å². The predicted molar refractivity (Wildman–Crippen MR) is 130 cm³/mol. The van der Waals surface area contributed by atoms with Gasteiger partial charge in [0.2, 0.25) is 0 Å². The van der Waals surface area contributed by atoms with Crippen molar-refractivity contribution >= 4 is 10.1 Å². The summed E-state index contributed by atoms with van der Waals surface area (Å²) in [7, 11) is -4.08. The molecule has 0 spiro atoms. The number of rotatable bonds is 13. The van der Waals surface area contributed by atoms with E-state index in [0.29, 0.717) is 11.1 Å². The number of hydrogen-bond donors (Lipinski definition) is 1. The summed E-state index contributed by atoms with van der Waals surface area (Å²) in [5.74, 6) is 0. The van der Waals surface area contributed by atoms with Crippen LogP contribution in [0.15, 0.2) is 17.0 Å². The Hall–Kier alpha value is -0.910. The van der Waals surface area contributed by atoms with E-state index in [-0.39, 0.29) is 4.90 Å². The summed E-state index contributed by atoms with van der Waals surface area (Å²) in [5.41, 5.74) is 2.16. The van der Waals surface area contributed by atoms with Gasteiger partial charge in [-0.3, -0.25) is 4.55 Å². The van der Waals surface area contributed by atoms with Gasteiger partial charge in [0.15, 0.2) is 0 Å². The van der Waals surface area contributed by atoms with Crippen LogP contribution in [0, 0.1) is 20.8 Å². The Labute approximate surface area is 187 Å². The second kappa shape index (κ2) is 15.0. The minimum atomic E-state index is -4.08. The molecule has 1 N–H and O–H groups in total. The van der Waals surface area contributed by atoms with E-state index >= 15 is 0 Å². The molecule has 0 fully saturated rings. The van der Waals surface area contributed by atoms with Crippen molar-refractivity contribution in [2.75, 3.05) is 26.2 Å². The molecule has 0 aromatic heterocycles. The van der Waals surface area contributed by atoms with E-state index < -0.39 is 10.1 Å². The number of quaternary nitrogens is 1. The fourth-order valence-electron chi connectivity index (χ4n) is 4.22. The van der Waals surface area contributed by atoms with Crippen LogP contribution in [0.4, 0.5) is 0 Å². The van der Waals surface area contributed by atoms with Gasteiger partial charge in [0.1, 0.15) is 0 Å². The Morgan fingerprint density at radius 2 is 1.00 bits per heavy atom. The topological polar surface area (TPSA) is 54.4 Å². The van der Waals surface area contributed by atoms with Crippen LogP contribution in [-0.4, -0.2) is 43.6 Å². The molecule has 0 amide bonds. The Balaban J connectivity index is 0.000000579. The molecule has 0 aliphatic carbocycles. The van der Waals surface area contributed by atoms with Gasteiger partial charge in [0.05, 0.1) is 31.1 Å². The molecule has 0 unspecified atom stereocenters. The molecular weight excluding hydrogens is 394 g/mol. The summed E-state index contributed by atoms with van der Waals surface area (Å²) in [6.45, 7) is 20.2. The van der Waals surface area contributed by atoms with Crippen LogP contribution in [0.25, 0.3) is 0 Å². The van der Waals surface area contributed by atoms with Gasteiger partial charge in [-0.15, -0.1) is 0 Å². The maximum Gasteiger partial charge on any atom is 0.295 e. The van der Waals surface area contributed by atoms with Gasteiger partial charge in [0.25, 0.3) is 10.1 Å². The first-order chi connectivity index (χ1) is 14.1. The normalized spacial score (nSPS) is 11.9. The third kappa shape index (κ3) is 10.9. The summed E-state index contributed by atoms with van der Waals surface area (Å²) in [6, 6.07) is 3.46. The van der Waals surface area contributed by atoms with E-state index in [1.54, 1.807) is 26.0 Å². The molecule has 0 atom stereocenters. The molecule has 0 saturated heterocycles. The van der Waals surface area contributed by atoms with E-state index in [1.807, 2.05) is 6.92 Å². The molecule has 0 aliphatic rings. The molecule has 0 saturated carbocycles. The first-order valence-corrected chi connectivity index (χ1v) is 13.4. The highest BCUT2D eigenvalue weighted by molar-refractivity contribution is 7.86. The minimum Gasteiger partial charge on any atom is -0.324 e. The molecule has 0 aliphatic heterocycles. The van der Waals surface area contributed by atoms with Gasteiger partial charge < -0.3 is 4.48 Å².